The zero-order valence-electron chi connectivity index (χ0n) is 11.9. The lowest BCUT2D eigenvalue weighted by Crippen LogP contribution is -1.90. The first-order valence-electron chi connectivity index (χ1n) is 6.65. The van der Waals surface area contributed by atoms with Crippen molar-refractivity contribution in [2.24, 2.45) is 10.2 Å². The zero-order chi connectivity index (χ0) is 17.4. The minimum Gasteiger partial charge on any atom is -0.506 e. The van der Waals surface area contributed by atoms with Crippen molar-refractivity contribution >= 4 is 74.2 Å². The van der Waals surface area contributed by atoms with Gasteiger partial charge in [-0.2, -0.15) is 0 Å². The number of hydrogen-bond donors (Lipinski definition) is 2. The van der Waals surface area contributed by atoms with Crippen molar-refractivity contribution in [1.29, 1.82) is 0 Å². The lowest BCUT2D eigenvalue weighted by atomic mass is 10.1. The molecule has 0 fully saturated rings. The Morgan fingerprint density at radius 3 is 2.00 bits per heavy atom. The number of nitrogens with zero attached hydrogens (tertiary/aromatic N) is 2. The Morgan fingerprint density at radius 2 is 1.33 bits per heavy atom. The van der Waals surface area contributed by atoms with Gasteiger partial charge in [-0.15, -0.1) is 10.2 Å². The summed E-state index contributed by atoms with van der Waals surface area (Å²) < 4.78 is 0. The van der Waals surface area contributed by atoms with Crippen molar-refractivity contribution in [2.45, 2.75) is 0 Å². The molecule has 3 aromatic rings. The molecule has 0 amide bonds. The lowest BCUT2D eigenvalue weighted by molar-refractivity contribution is 0.477. The molecule has 0 spiro atoms. The van der Waals surface area contributed by atoms with E-state index in [4.69, 9.17) is 52.1 Å². The van der Waals surface area contributed by atoms with E-state index in [1.807, 2.05) is 24.3 Å². The molecule has 0 atom stereocenters. The van der Waals surface area contributed by atoms with E-state index in [2.05, 4.69) is 10.2 Å². The first-order chi connectivity index (χ1) is 11.4. The Balaban J connectivity index is 2.19. The number of rotatable bonds is 2. The summed E-state index contributed by atoms with van der Waals surface area (Å²) >= 11 is 24.3. The van der Waals surface area contributed by atoms with Crippen LogP contribution in [0.5, 0.6) is 5.75 Å². The van der Waals surface area contributed by atoms with Crippen LogP contribution in [0.25, 0.3) is 10.8 Å². The molecule has 3 N–H and O–H groups in total. The van der Waals surface area contributed by atoms with E-state index in [0.29, 0.717) is 0 Å². The molecular formula is C16H9Cl4N3O. The van der Waals surface area contributed by atoms with Crippen molar-refractivity contribution in [3.05, 3.63) is 56.5 Å². The van der Waals surface area contributed by atoms with E-state index in [9.17, 15) is 5.11 Å². The zero-order valence-corrected chi connectivity index (χ0v) is 14.9. The molecule has 3 rings (SSSR count). The lowest BCUT2D eigenvalue weighted by Gasteiger charge is -2.09. The number of hydrogen-bond acceptors (Lipinski definition) is 4. The number of phenolic OH excluding ortho intramolecular Hbond substituents is 1. The number of azo groups is 1. The fraction of sp³-hybridized carbons (Fsp3) is 0. The molecule has 122 valence electrons. The van der Waals surface area contributed by atoms with Crippen LogP contribution in [0.4, 0.5) is 17.1 Å². The van der Waals surface area contributed by atoms with Crippen molar-refractivity contribution in [3.8, 4) is 5.75 Å². The van der Waals surface area contributed by atoms with Crippen LogP contribution in [0.3, 0.4) is 0 Å². The molecule has 0 unspecified atom stereocenters. The van der Waals surface area contributed by atoms with Gasteiger partial charge in [-0.05, 0) is 11.5 Å². The monoisotopic (exact) mass is 399 g/mol. The van der Waals surface area contributed by atoms with Crippen LogP contribution < -0.4 is 5.73 Å². The molecular weight excluding hydrogens is 392 g/mol. The summed E-state index contributed by atoms with van der Waals surface area (Å²) in [5, 5.41) is 20.0. The van der Waals surface area contributed by atoms with Gasteiger partial charge in [0.05, 0.1) is 25.8 Å². The normalized spacial score (nSPS) is 11.5. The summed E-state index contributed by atoms with van der Waals surface area (Å²) in [5.74, 6) is -0.0302. The average molecular weight is 401 g/mol. The number of nitrogen functional groups attached to an aromatic ring is 1. The predicted molar refractivity (Wildman–Crippen MR) is 101 cm³/mol. The standard InChI is InChI=1S/C16H9Cl4N3O/c17-10-12(19)16(13(20)11(18)14(10)21)23-22-15-8-4-2-1-3-7(8)5-6-9(15)24/h1-6,24H,21H2. The molecule has 0 bridgehead atoms. The summed E-state index contributed by atoms with van der Waals surface area (Å²) in [4.78, 5) is 0. The van der Waals surface area contributed by atoms with Crippen LogP contribution in [0.1, 0.15) is 0 Å². The SMILES string of the molecule is Nc1c(Cl)c(Cl)c(N=Nc2c(O)ccc3ccccc23)c(Cl)c1Cl. The Morgan fingerprint density at radius 1 is 0.750 bits per heavy atom. The van der Waals surface area contributed by atoms with Crippen LogP contribution >= 0.6 is 46.4 Å². The van der Waals surface area contributed by atoms with Crippen molar-refractivity contribution in [2.75, 3.05) is 5.73 Å². The third kappa shape index (κ3) is 2.87. The van der Waals surface area contributed by atoms with Crippen molar-refractivity contribution < 1.29 is 5.11 Å². The summed E-state index contributed by atoms with van der Waals surface area (Å²) in [5.41, 5.74) is 6.14. The molecule has 0 aliphatic carbocycles. The van der Waals surface area contributed by atoms with E-state index < -0.39 is 0 Å². The topological polar surface area (TPSA) is 71.0 Å². The van der Waals surface area contributed by atoms with E-state index >= 15 is 0 Å². The molecule has 0 radical (unpaired) electrons. The summed E-state index contributed by atoms with van der Waals surface area (Å²) in [6, 6.07) is 10.7. The summed E-state index contributed by atoms with van der Waals surface area (Å²) in [6.07, 6.45) is 0. The maximum Gasteiger partial charge on any atom is 0.143 e. The van der Waals surface area contributed by atoms with Crippen molar-refractivity contribution in [3.63, 3.8) is 0 Å². The quantitative estimate of drug-likeness (QED) is 0.272. The Hall–Kier alpha value is -1.72. The maximum atomic E-state index is 10.1. The van der Waals surface area contributed by atoms with Gasteiger partial charge in [0, 0.05) is 5.39 Å². The van der Waals surface area contributed by atoms with E-state index in [1.165, 1.54) is 6.07 Å². The van der Waals surface area contributed by atoms with Gasteiger partial charge in [0.15, 0.2) is 0 Å². The highest BCUT2D eigenvalue weighted by Gasteiger charge is 2.19. The second-order valence-electron chi connectivity index (χ2n) is 4.87. The molecule has 3 aromatic carbocycles. The van der Waals surface area contributed by atoms with E-state index in [0.717, 1.165) is 10.8 Å². The molecule has 24 heavy (non-hydrogen) atoms. The molecule has 0 saturated carbocycles. The third-order valence-electron chi connectivity index (χ3n) is 3.40. The second kappa shape index (κ2) is 6.65. The van der Waals surface area contributed by atoms with Gasteiger partial charge in [0.25, 0.3) is 0 Å². The Kier molecular flexibility index (Phi) is 4.74. The number of aromatic hydroxyl groups is 1. The molecule has 0 heterocycles. The van der Waals surface area contributed by atoms with Crippen LogP contribution in [0, 0.1) is 0 Å². The first-order valence-corrected chi connectivity index (χ1v) is 8.17. The number of halogens is 4. The average Bonchev–Trinajstić information content (AvgIpc) is 2.59. The smallest absolute Gasteiger partial charge is 0.143 e. The van der Waals surface area contributed by atoms with Crippen LogP contribution in [0.15, 0.2) is 46.6 Å². The number of nitrogens with two attached hydrogens (primary N) is 1. The summed E-state index contributed by atoms with van der Waals surface area (Å²) in [6.45, 7) is 0. The van der Waals surface area contributed by atoms with Gasteiger partial charge in [-0.1, -0.05) is 76.7 Å². The first kappa shape index (κ1) is 17.1. The van der Waals surface area contributed by atoms with Gasteiger partial charge in [-0.25, -0.2) is 0 Å². The highest BCUT2D eigenvalue weighted by Crippen LogP contribution is 2.48. The molecule has 8 heteroatoms. The number of fused-ring (bicyclic) bond motifs is 1. The van der Waals surface area contributed by atoms with Gasteiger partial charge in [-0.3, -0.25) is 0 Å². The van der Waals surface area contributed by atoms with Gasteiger partial charge in [0.2, 0.25) is 0 Å². The van der Waals surface area contributed by atoms with E-state index in [-0.39, 0.29) is 42.9 Å². The molecule has 0 aromatic heterocycles. The second-order valence-corrected chi connectivity index (χ2v) is 6.38. The molecule has 0 aliphatic heterocycles. The van der Waals surface area contributed by atoms with Gasteiger partial charge < -0.3 is 10.8 Å². The van der Waals surface area contributed by atoms with Gasteiger partial charge in [0.1, 0.15) is 17.1 Å². The van der Waals surface area contributed by atoms with Crippen LogP contribution in [0.2, 0.25) is 20.1 Å². The Labute approximate surface area is 157 Å². The van der Waals surface area contributed by atoms with Gasteiger partial charge >= 0.3 is 0 Å². The largest absolute Gasteiger partial charge is 0.506 e. The number of phenols is 1. The third-order valence-corrected chi connectivity index (χ3v) is 5.12. The molecule has 0 aliphatic rings. The molecule has 0 saturated heterocycles. The van der Waals surface area contributed by atoms with Crippen LogP contribution in [-0.4, -0.2) is 5.11 Å². The maximum absolute atomic E-state index is 10.1. The highest BCUT2D eigenvalue weighted by atomic mass is 35.5. The number of benzene rings is 3. The molecule has 4 nitrogen and oxygen atoms in total. The Bertz CT molecular complexity index is 960. The highest BCUT2D eigenvalue weighted by molar-refractivity contribution is 6.52. The minimum atomic E-state index is -0.0302. The van der Waals surface area contributed by atoms with E-state index in [1.54, 1.807) is 6.07 Å². The number of anilines is 1. The van der Waals surface area contributed by atoms with Crippen LogP contribution in [-0.2, 0) is 0 Å². The fourth-order valence-corrected chi connectivity index (χ4v) is 3.11. The minimum absolute atomic E-state index is 0.0302. The fourth-order valence-electron chi connectivity index (χ4n) is 2.17. The summed E-state index contributed by atoms with van der Waals surface area (Å²) in [7, 11) is 0. The van der Waals surface area contributed by atoms with Crippen molar-refractivity contribution in [1.82, 2.24) is 0 Å². The predicted octanol–water partition coefficient (Wildman–Crippen LogP) is 7.16.